The quantitative estimate of drug-likeness (QED) is 0.877. The first-order valence-electron chi connectivity index (χ1n) is 7.02. The van der Waals surface area contributed by atoms with Gasteiger partial charge >= 0.3 is 0 Å². The molecule has 20 heavy (non-hydrogen) atoms. The van der Waals surface area contributed by atoms with Crippen LogP contribution >= 0.6 is 0 Å². The zero-order valence-electron chi connectivity index (χ0n) is 11.8. The number of piperidine rings is 1. The summed E-state index contributed by atoms with van der Waals surface area (Å²) >= 11 is 0. The van der Waals surface area contributed by atoms with Gasteiger partial charge in [-0.2, -0.15) is 0 Å². The van der Waals surface area contributed by atoms with Gasteiger partial charge in [0.1, 0.15) is 0 Å². The SMILES string of the molecule is COc1cccc(C(=O)N2CCC(CCN)CC2)c1O. The van der Waals surface area contributed by atoms with Crippen molar-refractivity contribution in [2.24, 2.45) is 11.7 Å². The Labute approximate surface area is 119 Å². The lowest BCUT2D eigenvalue weighted by Gasteiger charge is -2.32. The molecule has 1 aromatic carbocycles. The molecule has 5 heteroatoms. The maximum absolute atomic E-state index is 12.4. The van der Waals surface area contributed by atoms with Gasteiger partial charge in [-0.25, -0.2) is 0 Å². The molecule has 3 N–H and O–H groups in total. The van der Waals surface area contributed by atoms with Crippen LogP contribution < -0.4 is 10.5 Å². The van der Waals surface area contributed by atoms with E-state index in [0.29, 0.717) is 23.8 Å². The average Bonchev–Trinajstić information content (AvgIpc) is 2.48. The first kappa shape index (κ1) is 14.7. The molecule has 1 aromatic rings. The summed E-state index contributed by atoms with van der Waals surface area (Å²) in [6.07, 6.45) is 2.98. The van der Waals surface area contributed by atoms with Crippen molar-refractivity contribution in [1.29, 1.82) is 0 Å². The number of rotatable bonds is 4. The van der Waals surface area contributed by atoms with Gasteiger partial charge in [-0.3, -0.25) is 4.79 Å². The third-order valence-electron chi connectivity index (χ3n) is 3.93. The molecule has 0 radical (unpaired) electrons. The van der Waals surface area contributed by atoms with Crippen LogP contribution in [0.25, 0.3) is 0 Å². The number of likely N-dealkylation sites (tertiary alicyclic amines) is 1. The molecule has 1 aliphatic rings. The van der Waals surface area contributed by atoms with Crippen molar-refractivity contribution in [1.82, 2.24) is 4.90 Å². The number of carbonyl (C=O) groups excluding carboxylic acids is 1. The van der Waals surface area contributed by atoms with E-state index in [-0.39, 0.29) is 11.7 Å². The van der Waals surface area contributed by atoms with Gasteiger partial charge in [0.15, 0.2) is 11.5 Å². The summed E-state index contributed by atoms with van der Waals surface area (Å²) in [5.74, 6) is 0.730. The fourth-order valence-corrected chi connectivity index (χ4v) is 2.69. The first-order valence-corrected chi connectivity index (χ1v) is 7.02. The standard InChI is InChI=1S/C15H22N2O3/c1-20-13-4-2-3-12(14(13)18)15(19)17-9-6-11(5-8-16)7-10-17/h2-4,11,18H,5-10,16H2,1H3. The third-order valence-corrected chi connectivity index (χ3v) is 3.93. The number of ether oxygens (including phenoxy) is 1. The molecule has 1 amide bonds. The summed E-state index contributed by atoms with van der Waals surface area (Å²) in [7, 11) is 1.47. The minimum absolute atomic E-state index is 0.0796. The van der Waals surface area contributed by atoms with Crippen LogP contribution in [-0.2, 0) is 0 Å². The Bertz CT molecular complexity index is 468. The van der Waals surface area contributed by atoms with Crippen LogP contribution in [0.3, 0.4) is 0 Å². The van der Waals surface area contributed by atoms with Crippen LogP contribution in [0.15, 0.2) is 18.2 Å². The summed E-state index contributed by atoms with van der Waals surface area (Å²) in [5, 5.41) is 10.0. The highest BCUT2D eigenvalue weighted by atomic mass is 16.5. The van der Waals surface area contributed by atoms with Crippen molar-refractivity contribution in [2.75, 3.05) is 26.7 Å². The lowest BCUT2D eigenvalue weighted by molar-refractivity contribution is 0.0684. The molecule has 1 heterocycles. The number of amides is 1. The van der Waals surface area contributed by atoms with E-state index in [1.807, 2.05) is 0 Å². The number of hydrogen-bond donors (Lipinski definition) is 2. The Morgan fingerprint density at radius 1 is 1.45 bits per heavy atom. The van der Waals surface area contributed by atoms with E-state index < -0.39 is 0 Å². The fourth-order valence-electron chi connectivity index (χ4n) is 2.69. The maximum atomic E-state index is 12.4. The number of nitrogens with zero attached hydrogens (tertiary/aromatic N) is 1. The molecular weight excluding hydrogens is 256 g/mol. The Kier molecular flexibility index (Phi) is 4.84. The van der Waals surface area contributed by atoms with Crippen LogP contribution in [0.1, 0.15) is 29.6 Å². The molecule has 1 aliphatic heterocycles. The lowest BCUT2D eigenvalue weighted by atomic mass is 9.93. The topological polar surface area (TPSA) is 75.8 Å². The molecular formula is C15H22N2O3. The van der Waals surface area contributed by atoms with E-state index >= 15 is 0 Å². The summed E-state index contributed by atoms with van der Waals surface area (Å²) in [5.41, 5.74) is 5.88. The Morgan fingerprint density at radius 3 is 2.75 bits per heavy atom. The number of phenolic OH excluding ortho intramolecular Hbond substituents is 1. The van der Waals surface area contributed by atoms with Crippen LogP contribution in [0.2, 0.25) is 0 Å². The number of carbonyl (C=O) groups is 1. The zero-order chi connectivity index (χ0) is 14.5. The molecule has 0 saturated carbocycles. The van der Waals surface area contributed by atoms with Crippen molar-refractivity contribution in [3.05, 3.63) is 23.8 Å². The molecule has 2 rings (SSSR count). The van der Waals surface area contributed by atoms with Gasteiger partial charge in [-0.05, 0) is 43.9 Å². The predicted octanol–water partition coefficient (Wildman–Crippen LogP) is 1.60. The average molecular weight is 278 g/mol. The number of phenols is 1. The second-order valence-electron chi connectivity index (χ2n) is 5.17. The second-order valence-corrected chi connectivity index (χ2v) is 5.17. The van der Waals surface area contributed by atoms with Crippen LogP contribution in [-0.4, -0.2) is 42.7 Å². The largest absolute Gasteiger partial charge is 0.504 e. The van der Waals surface area contributed by atoms with Crippen LogP contribution in [0.5, 0.6) is 11.5 Å². The van der Waals surface area contributed by atoms with Gasteiger partial charge in [-0.15, -0.1) is 0 Å². The molecule has 0 unspecified atom stereocenters. The smallest absolute Gasteiger partial charge is 0.257 e. The Hall–Kier alpha value is -1.75. The second kappa shape index (κ2) is 6.61. The number of aromatic hydroxyl groups is 1. The van der Waals surface area contributed by atoms with Gasteiger partial charge in [0.2, 0.25) is 0 Å². The molecule has 0 atom stereocenters. The van der Waals surface area contributed by atoms with Crippen molar-refractivity contribution in [2.45, 2.75) is 19.3 Å². The Morgan fingerprint density at radius 2 is 2.15 bits per heavy atom. The highest BCUT2D eigenvalue weighted by Crippen LogP contribution is 2.31. The van der Waals surface area contributed by atoms with Gasteiger partial charge < -0.3 is 20.5 Å². The van der Waals surface area contributed by atoms with Gasteiger partial charge in [0.25, 0.3) is 5.91 Å². The lowest BCUT2D eigenvalue weighted by Crippen LogP contribution is -2.38. The van der Waals surface area contributed by atoms with Gasteiger partial charge in [0, 0.05) is 13.1 Å². The number of nitrogens with two attached hydrogens (primary N) is 1. The monoisotopic (exact) mass is 278 g/mol. The van der Waals surface area contributed by atoms with Crippen molar-refractivity contribution >= 4 is 5.91 Å². The van der Waals surface area contributed by atoms with Gasteiger partial charge in [-0.1, -0.05) is 6.07 Å². The maximum Gasteiger partial charge on any atom is 0.257 e. The molecule has 0 spiro atoms. The van der Waals surface area contributed by atoms with Crippen LogP contribution in [0, 0.1) is 5.92 Å². The Balaban J connectivity index is 2.06. The molecule has 0 aromatic heterocycles. The van der Waals surface area contributed by atoms with E-state index in [4.69, 9.17) is 10.5 Å². The highest BCUT2D eigenvalue weighted by Gasteiger charge is 2.25. The van der Waals surface area contributed by atoms with E-state index in [1.165, 1.54) is 7.11 Å². The molecule has 1 saturated heterocycles. The van der Waals surface area contributed by atoms with Crippen molar-refractivity contribution < 1.29 is 14.6 Å². The fraction of sp³-hybridized carbons (Fsp3) is 0.533. The van der Waals surface area contributed by atoms with E-state index in [2.05, 4.69) is 0 Å². The minimum Gasteiger partial charge on any atom is -0.504 e. The highest BCUT2D eigenvalue weighted by molar-refractivity contribution is 5.97. The van der Waals surface area contributed by atoms with Gasteiger partial charge in [0.05, 0.1) is 12.7 Å². The van der Waals surface area contributed by atoms with Crippen molar-refractivity contribution in [3.63, 3.8) is 0 Å². The van der Waals surface area contributed by atoms with Crippen molar-refractivity contribution in [3.8, 4) is 11.5 Å². The molecule has 5 nitrogen and oxygen atoms in total. The summed E-state index contributed by atoms with van der Waals surface area (Å²) < 4.78 is 5.04. The summed E-state index contributed by atoms with van der Waals surface area (Å²) in [6.45, 7) is 2.15. The zero-order valence-corrected chi connectivity index (χ0v) is 11.8. The molecule has 1 fully saturated rings. The number of benzene rings is 1. The number of para-hydroxylation sites is 1. The summed E-state index contributed by atoms with van der Waals surface area (Å²) in [6, 6.07) is 4.98. The summed E-state index contributed by atoms with van der Waals surface area (Å²) in [4.78, 5) is 14.2. The molecule has 110 valence electrons. The minimum atomic E-state index is -0.132. The number of hydrogen-bond acceptors (Lipinski definition) is 4. The van der Waals surface area contributed by atoms with Crippen LogP contribution in [0.4, 0.5) is 0 Å². The molecule has 0 bridgehead atoms. The predicted molar refractivity (Wildman–Crippen MR) is 77.0 cm³/mol. The molecule has 0 aliphatic carbocycles. The van der Waals surface area contributed by atoms with E-state index in [9.17, 15) is 9.90 Å². The number of methoxy groups -OCH3 is 1. The normalized spacial score (nSPS) is 16.2. The van der Waals surface area contributed by atoms with E-state index in [1.54, 1.807) is 23.1 Å². The third kappa shape index (κ3) is 3.04. The van der Waals surface area contributed by atoms with E-state index in [0.717, 1.165) is 32.4 Å². The first-order chi connectivity index (χ1) is 9.67.